The Labute approximate surface area is 115 Å². The molecule has 0 bridgehead atoms. The molecule has 0 aliphatic rings. The van der Waals surface area contributed by atoms with Gasteiger partial charge >= 0.3 is 0 Å². The third-order valence-electron chi connectivity index (χ3n) is 2.74. The molecule has 4 heteroatoms. The van der Waals surface area contributed by atoms with Crippen LogP contribution in [-0.4, -0.2) is 50.6 Å². The second-order valence-electron chi connectivity index (χ2n) is 4.86. The Bertz CT molecular complexity index is 460. The molecule has 104 valence electrons. The Hall–Kier alpha value is -1.41. The van der Waals surface area contributed by atoms with Gasteiger partial charge in [-0.2, -0.15) is 0 Å². The first-order chi connectivity index (χ1) is 9.02. The predicted molar refractivity (Wildman–Crippen MR) is 77.2 cm³/mol. The van der Waals surface area contributed by atoms with Gasteiger partial charge < -0.3 is 15.5 Å². The van der Waals surface area contributed by atoms with Crippen molar-refractivity contribution in [2.45, 2.75) is 6.54 Å². The number of hydrogen-bond donors (Lipinski definition) is 1. The van der Waals surface area contributed by atoms with Gasteiger partial charge in [-0.25, -0.2) is 4.39 Å². The minimum Gasteiger partial charge on any atom is -0.320 e. The van der Waals surface area contributed by atoms with Crippen LogP contribution in [0.1, 0.15) is 11.1 Å². The monoisotopic (exact) mass is 263 g/mol. The van der Waals surface area contributed by atoms with Crippen molar-refractivity contribution in [3.05, 3.63) is 35.1 Å². The van der Waals surface area contributed by atoms with Gasteiger partial charge in [0.2, 0.25) is 0 Å². The van der Waals surface area contributed by atoms with Crippen molar-refractivity contribution in [1.82, 2.24) is 9.80 Å². The Morgan fingerprint density at radius 3 is 2.58 bits per heavy atom. The van der Waals surface area contributed by atoms with Crippen LogP contribution in [0, 0.1) is 17.7 Å². The number of nitrogens with zero attached hydrogens (tertiary/aromatic N) is 2. The Morgan fingerprint density at radius 2 is 1.95 bits per heavy atom. The molecular formula is C15H22FN3. The molecule has 0 aliphatic carbocycles. The summed E-state index contributed by atoms with van der Waals surface area (Å²) in [6, 6.07) is 5.06. The highest BCUT2D eigenvalue weighted by Crippen LogP contribution is 2.11. The third-order valence-corrected chi connectivity index (χ3v) is 2.74. The standard InChI is InChI=1S/C15H22FN3/c1-18(2)9-10-19(3)12-13-6-7-15(16)14(11-13)5-4-8-17/h6-7,11H,8-10,12,17H2,1-3H3. The van der Waals surface area contributed by atoms with Crippen LogP contribution in [0.2, 0.25) is 0 Å². The smallest absolute Gasteiger partial charge is 0.138 e. The minimum atomic E-state index is -0.291. The van der Waals surface area contributed by atoms with E-state index in [0.717, 1.165) is 25.2 Å². The van der Waals surface area contributed by atoms with Gasteiger partial charge in [-0.1, -0.05) is 17.9 Å². The lowest BCUT2D eigenvalue weighted by molar-refractivity contribution is 0.276. The van der Waals surface area contributed by atoms with E-state index in [1.54, 1.807) is 12.1 Å². The van der Waals surface area contributed by atoms with Crippen LogP contribution < -0.4 is 5.73 Å². The maximum Gasteiger partial charge on any atom is 0.138 e. The van der Waals surface area contributed by atoms with Crippen molar-refractivity contribution in [3.8, 4) is 11.8 Å². The summed E-state index contributed by atoms with van der Waals surface area (Å²) in [6.07, 6.45) is 0. The zero-order valence-corrected chi connectivity index (χ0v) is 11.9. The second-order valence-corrected chi connectivity index (χ2v) is 4.86. The lowest BCUT2D eigenvalue weighted by Gasteiger charge is -2.19. The summed E-state index contributed by atoms with van der Waals surface area (Å²) in [5.41, 5.74) is 6.78. The summed E-state index contributed by atoms with van der Waals surface area (Å²) in [5.74, 6) is 5.15. The number of halogens is 1. The van der Waals surface area contributed by atoms with Crippen molar-refractivity contribution >= 4 is 0 Å². The SMILES string of the molecule is CN(C)CCN(C)Cc1ccc(F)c(C#CCN)c1. The molecule has 0 amide bonds. The van der Waals surface area contributed by atoms with Crippen molar-refractivity contribution < 1.29 is 4.39 Å². The molecule has 0 atom stereocenters. The second kappa shape index (κ2) is 7.90. The van der Waals surface area contributed by atoms with Gasteiger partial charge in [0, 0.05) is 19.6 Å². The van der Waals surface area contributed by atoms with Gasteiger partial charge in [-0.3, -0.25) is 0 Å². The highest BCUT2D eigenvalue weighted by atomic mass is 19.1. The highest BCUT2D eigenvalue weighted by molar-refractivity contribution is 5.38. The van der Waals surface area contributed by atoms with E-state index in [9.17, 15) is 4.39 Å². The van der Waals surface area contributed by atoms with E-state index in [4.69, 9.17) is 5.73 Å². The number of benzene rings is 1. The normalized spacial score (nSPS) is 10.7. The molecule has 19 heavy (non-hydrogen) atoms. The van der Waals surface area contributed by atoms with Crippen LogP contribution in [0.3, 0.4) is 0 Å². The van der Waals surface area contributed by atoms with Gasteiger partial charge in [0.25, 0.3) is 0 Å². The van der Waals surface area contributed by atoms with Crippen molar-refractivity contribution in [2.24, 2.45) is 5.73 Å². The van der Waals surface area contributed by atoms with Crippen LogP contribution in [-0.2, 0) is 6.54 Å². The van der Waals surface area contributed by atoms with E-state index in [2.05, 4.69) is 28.7 Å². The number of hydrogen-bond acceptors (Lipinski definition) is 3. The largest absolute Gasteiger partial charge is 0.320 e. The highest BCUT2D eigenvalue weighted by Gasteiger charge is 2.04. The molecule has 0 spiro atoms. The van der Waals surface area contributed by atoms with Crippen molar-refractivity contribution in [1.29, 1.82) is 0 Å². The van der Waals surface area contributed by atoms with E-state index < -0.39 is 0 Å². The molecule has 3 nitrogen and oxygen atoms in total. The molecule has 1 rings (SSSR count). The van der Waals surface area contributed by atoms with Gasteiger partial charge in [0.15, 0.2) is 0 Å². The van der Waals surface area contributed by atoms with Gasteiger partial charge in [0.05, 0.1) is 12.1 Å². The molecular weight excluding hydrogens is 241 g/mol. The third kappa shape index (κ3) is 5.84. The summed E-state index contributed by atoms with van der Waals surface area (Å²) in [7, 11) is 6.15. The Balaban J connectivity index is 2.68. The van der Waals surface area contributed by atoms with Crippen molar-refractivity contribution in [2.75, 3.05) is 40.8 Å². The molecule has 0 aliphatic heterocycles. The van der Waals surface area contributed by atoms with E-state index in [1.807, 2.05) is 14.1 Å². The molecule has 1 aromatic rings. The van der Waals surface area contributed by atoms with E-state index in [-0.39, 0.29) is 12.4 Å². The zero-order chi connectivity index (χ0) is 14.3. The van der Waals surface area contributed by atoms with Gasteiger partial charge in [-0.05, 0) is 38.8 Å². The number of likely N-dealkylation sites (N-methyl/N-ethyl adjacent to an activating group) is 2. The fraction of sp³-hybridized carbons (Fsp3) is 0.467. The lowest BCUT2D eigenvalue weighted by atomic mass is 10.1. The number of rotatable bonds is 5. The average molecular weight is 263 g/mol. The quantitative estimate of drug-likeness (QED) is 0.808. The summed E-state index contributed by atoms with van der Waals surface area (Å²) < 4.78 is 13.5. The molecule has 0 radical (unpaired) electrons. The molecule has 0 saturated heterocycles. The molecule has 0 heterocycles. The maximum absolute atomic E-state index is 13.5. The molecule has 0 unspecified atom stereocenters. The summed E-state index contributed by atoms with van der Waals surface area (Å²) in [6.45, 7) is 2.99. The lowest BCUT2D eigenvalue weighted by Crippen LogP contribution is -2.28. The zero-order valence-electron chi connectivity index (χ0n) is 11.9. The summed E-state index contributed by atoms with van der Waals surface area (Å²) in [5, 5.41) is 0. The maximum atomic E-state index is 13.5. The van der Waals surface area contributed by atoms with E-state index in [0.29, 0.717) is 5.56 Å². The van der Waals surface area contributed by atoms with Gasteiger partial charge in [-0.15, -0.1) is 0 Å². The van der Waals surface area contributed by atoms with Crippen LogP contribution in [0.5, 0.6) is 0 Å². The van der Waals surface area contributed by atoms with Crippen LogP contribution in [0.15, 0.2) is 18.2 Å². The Morgan fingerprint density at radius 1 is 1.21 bits per heavy atom. The van der Waals surface area contributed by atoms with Crippen LogP contribution >= 0.6 is 0 Å². The molecule has 0 fully saturated rings. The van der Waals surface area contributed by atoms with E-state index in [1.165, 1.54) is 6.07 Å². The first kappa shape index (κ1) is 15.6. The fourth-order valence-corrected chi connectivity index (χ4v) is 1.67. The summed E-state index contributed by atoms with van der Waals surface area (Å²) in [4.78, 5) is 4.34. The van der Waals surface area contributed by atoms with Crippen LogP contribution in [0.25, 0.3) is 0 Å². The first-order valence-electron chi connectivity index (χ1n) is 6.33. The van der Waals surface area contributed by atoms with Gasteiger partial charge in [0.1, 0.15) is 5.82 Å². The molecule has 0 saturated carbocycles. The Kier molecular flexibility index (Phi) is 6.51. The van der Waals surface area contributed by atoms with Crippen molar-refractivity contribution in [3.63, 3.8) is 0 Å². The first-order valence-corrected chi connectivity index (χ1v) is 6.33. The summed E-state index contributed by atoms with van der Waals surface area (Å²) >= 11 is 0. The molecule has 2 N–H and O–H groups in total. The topological polar surface area (TPSA) is 32.5 Å². The average Bonchev–Trinajstić information content (AvgIpc) is 2.37. The number of nitrogens with two attached hydrogens (primary N) is 1. The minimum absolute atomic E-state index is 0.242. The molecule has 1 aromatic carbocycles. The fourth-order valence-electron chi connectivity index (χ4n) is 1.67. The van der Waals surface area contributed by atoms with E-state index >= 15 is 0 Å². The van der Waals surface area contributed by atoms with Crippen LogP contribution in [0.4, 0.5) is 4.39 Å². The molecule has 0 aromatic heterocycles. The predicted octanol–water partition coefficient (Wildman–Crippen LogP) is 1.13.